The summed E-state index contributed by atoms with van der Waals surface area (Å²) in [5, 5.41) is 19.5. The fourth-order valence-corrected chi connectivity index (χ4v) is 1.14. The molecular weight excluding hydrogens is 210 g/mol. The van der Waals surface area contributed by atoms with E-state index in [1.54, 1.807) is 6.07 Å². The van der Waals surface area contributed by atoms with Crippen molar-refractivity contribution in [3.8, 4) is 11.8 Å². The predicted octanol–water partition coefficient (Wildman–Crippen LogP) is 1.03. The summed E-state index contributed by atoms with van der Waals surface area (Å²) in [5.41, 5.74) is 0.525. The molecule has 5 nitrogen and oxygen atoms in total. The minimum Gasteiger partial charge on any atom is -0.391 e. The molecule has 0 bridgehead atoms. The molecule has 0 fully saturated rings. The second-order valence-electron chi connectivity index (χ2n) is 2.93. The zero-order valence-electron chi connectivity index (χ0n) is 8.34. The molecule has 0 amide bonds. The van der Waals surface area contributed by atoms with Gasteiger partial charge in [0, 0.05) is 11.6 Å². The van der Waals surface area contributed by atoms with Gasteiger partial charge in [0.1, 0.15) is 6.29 Å². The van der Waals surface area contributed by atoms with Crippen molar-refractivity contribution in [3.63, 3.8) is 0 Å². The Balaban J connectivity index is 3.08. The number of aliphatic hydroxyl groups is 1. The van der Waals surface area contributed by atoms with Gasteiger partial charge in [0.05, 0.1) is 23.5 Å². The van der Waals surface area contributed by atoms with E-state index >= 15 is 0 Å². The molecule has 16 heavy (non-hydrogen) atoms. The van der Waals surface area contributed by atoms with Crippen LogP contribution in [0.2, 0.25) is 0 Å². The maximum Gasteiger partial charge on any atom is 0.276 e. The number of nitro benzene ring substituents is 1. The van der Waals surface area contributed by atoms with Crippen LogP contribution in [-0.2, 0) is 11.4 Å². The summed E-state index contributed by atoms with van der Waals surface area (Å²) in [6, 6.07) is 4.29. The number of aldehydes is 1. The Morgan fingerprint density at radius 3 is 2.81 bits per heavy atom. The molecule has 0 aromatic heterocycles. The number of nitrogens with zero attached hydrogens (tertiary/aromatic N) is 1. The summed E-state index contributed by atoms with van der Waals surface area (Å²) >= 11 is 0. The highest BCUT2D eigenvalue weighted by molar-refractivity contribution is 5.55. The van der Waals surface area contributed by atoms with Crippen LogP contribution in [0.5, 0.6) is 0 Å². The summed E-state index contributed by atoms with van der Waals surface area (Å²) < 4.78 is 0. The molecular formula is C11H9NO4. The quantitative estimate of drug-likeness (QED) is 0.356. The molecule has 0 aliphatic rings. The topological polar surface area (TPSA) is 80.4 Å². The van der Waals surface area contributed by atoms with Gasteiger partial charge in [0.25, 0.3) is 5.69 Å². The van der Waals surface area contributed by atoms with Crippen LogP contribution in [0.25, 0.3) is 0 Å². The van der Waals surface area contributed by atoms with E-state index in [-0.39, 0.29) is 17.7 Å². The number of aliphatic hydroxyl groups excluding tert-OH is 1. The van der Waals surface area contributed by atoms with E-state index in [1.165, 1.54) is 12.1 Å². The van der Waals surface area contributed by atoms with Gasteiger partial charge in [-0.15, -0.1) is 0 Å². The van der Waals surface area contributed by atoms with Gasteiger partial charge in [-0.1, -0.05) is 11.8 Å². The Kier molecular flexibility index (Phi) is 4.18. The summed E-state index contributed by atoms with van der Waals surface area (Å²) in [4.78, 5) is 20.1. The van der Waals surface area contributed by atoms with Crippen molar-refractivity contribution in [2.45, 2.75) is 13.0 Å². The van der Waals surface area contributed by atoms with Gasteiger partial charge in [0.15, 0.2) is 0 Å². The zero-order valence-corrected chi connectivity index (χ0v) is 8.34. The SMILES string of the molecule is O=CCC#Cc1ccc(CO)c([N+](=O)[O-])c1. The van der Waals surface area contributed by atoms with E-state index in [0.29, 0.717) is 11.8 Å². The Morgan fingerprint density at radius 2 is 2.25 bits per heavy atom. The number of hydrogen-bond acceptors (Lipinski definition) is 4. The van der Waals surface area contributed by atoms with Crippen LogP contribution in [-0.4, -0.2) is 16.3 Å². The maximum absolute atomic E-state index is 10.7. The highest BCUT2D eigenvalue weighted by atomic mass is 16.6. The van der Waals surface area contributed by atoms with Crippen LogP contribution in [0, 0.1) is 22.0 Å². The van der Waals surface area contributed by atoms with Crippen molar-refractivity contribution in [3.05, 3.63) is 39.4 Å². The average molecular weight is 219 g/mol. The Hall–Kier alpha value is -2.19. The van der Waals surface area contributed by atoms with Gasteiger partial charge in [-0.05, 0) is 12.1 Å². The second-order valence-corrected chi connectivity index (χ2v) is 2.93. The van der Waals surface area contributed by atoms with Gasteiger partial charge in [0.2, 0.25) is 0 Å². The fraction of sp³-hybridized carbons (Fsp3) is 0.182. The van der Waals surface area contributed by atoms with E-state index in [2.05, 4.69) is 11.8 Å². The summed E-state index contributed by atoms with van der Waals surface area (Å²) in [6.45, 7) is -0.391. The average Bonchev–Trinajstić information content (AvgIpc) is 2.29. The molecule has 0 saturated heterocycles. The third kappa shape index (κ3) is 2.90. The molecule has 1 N–H and O–H groups in total. The monoisotopic (exact) mass is 219 g/mol. The summed E-state index contributed by atoms with van der Waals surface area (Å²) in [7, 11) is 0. The maximum atomic E-state index is 10.7. The molecule has 0 aliphatic heterocycles. The number of carbonyl (C=O) groups excluding carboxylic acids is 1. The van der Waals surface area contributed by atoms with Gasteiger partial charge in [-0.2, -0.15) is 0 Å². The van der Waals surface area contributed by atoms with Crippen LogP contribution in [0.15, 0.2) is 18.2 Å². The molecule has 0 spiro atoms. The highest BCUT2D eigenvalue weighted by Crippen LogP contribution is 2.19. The molecule has 0 atom stereocenters. The van der Waals surface area contributed by atoms with E-state index in [1.807, 2.05) is 0 Å². The second kappa shape index (κ2) is 5.63. The van der Waals surface area contributed by atoms with Crippen molar-refractivity contribution in [1.29, 1.82) is 0 Å². The minimum atomic E-state index is -0.573. The normalized spacial score (nSPS) is 9.06. The van der Waals surface area contributed by atoms with E-state index in [4.69, 9.17) is 5.11 Å². The van der Waals surface area contributed by atoms with E-state index < -0.39 is 11.5 Å². The Bertz CT molecular complexity index is 471. The molecule has 0 aliphatic carbocycles. The third-order valence-corrected chi connectivity index (χ3v) is 1.87. The molecule has 1 aromatic carbocycles. The smallest absolute Gasteiger partial charge is 0.276 e. The predicted molar refractivity (Wildman–Crippen MR) is 56.6 cm³/mol. The van der Waals surface area contributed by atoms with Crippen molar-refractivity contribution < 1.29 is 14.8 Å². The van der Waals surface area contributed by atoms with Crippen LogP contribution in [0.4, 0.5) is 5.69 Å². The van der Waals surface area contributed by atoms with E-state index in [9.17, 15) is 14.9 Å². The summed E-state index contributed by atoms with van der Waals surface area (Å²) in [6.07, 6.45) is 0.749. The van der Waals surface area contributed by atoms with Gasteiger partial charge >= 0.3 is 0 Å². The number of carbonyl (C=O) groups is 1. The Morgan fingerprint density at radius 1 is 1.50 bits per heavy atom. The zero-order chi connectivity index (χ0) is 12.0. The van der Waals surface area contributed by atoms with Crippen molar-refractivity contribution in [2.75, 3.05) is 0 Å². The van der Waals surface area contributed by atoms with Crippen LogP contribution >= 0.6 is 0 Å². The Labute approximate surface area is 91.9 Å². The lowest BCUT2D eigenvalue weighted by molar-refractivity contribution is -0.385. The number of benzene rings is 1. The first-order valence-electron chi connectivity index (χ1n) is 4.49. The van der Waals surface area contributed by atoms with Crippen LogP contribution in [0.1, 0.15) is 17.5 Å². The fourth-order valence-electron chi connectivity index (χ4n) is 1.14. The van der Waals surface area contributed by atoms with Crippen LogP contribution < -0.4 is 0 Å². The lowest BCUT2D eigenvalue weighted by atomic mass is 10.1. The number of hydrogen-bond donors (Lipinski definition) is 1. The number of nitro groups is 1. The van der Waals surface area contributed by atoms with Gasteiger partial charge in [-0.3, -0.25) is 10.1 Å². The molecule has 0 radical (unpaired) electrons. The minimum absolute atomic E-state index is 0.0928. The standard InChI is InChI=1S/C11H9NO4/c13-6-2-1-3-9-4-5-10(8-14)11(7-9)12(15)16/h4-7,14H,2,8H2. The van der Waals surface area contributed by atoms with Gasteiger partial charge < -0.3 is 9.90 Å². The largest absolute Gasteiger partial charge is 0.391 e. The van der Waals surface area contributed by atoms with E-state index in [0.717, 1.165) is 0 Å². The van der Waals surface area contributed by atoms with Crippen molar-refractivity contribution in [1.82, 2.24) is 0 Å². The first-order chi connectivity index (χ1) is 7.69. The molecule has 82 valence electrons. The third-order valence-electron chi connectivity index (χ3n) is 1.87. The molecule has 1 rings (SSSR count). The van der Waals surface area contributed by atoms with Crippen LogP contribution in [0.3, 0.4) is 0 Å². The molecule has 0 unspecified atom stereocenters. The molecule has 5 heteroatoms. The first-order valence-corrected chi connectivity index (χ1v) is 4.49. The lowest BCUT2D eigenvalue weighted by Gasteiger charge is -1.99. The molecule has 0 saturated carbocycles. The lowest BCUT2D eigenvalue weighted by Crippen LogP contribution is -1.95. The van der Waals surface area contributed by atoms with Crippen molar-refractivity contribution in [2.24, 2.45) is 0 Å². The molecule has 1 aromatic rings. The summed E-state index contributed by atoms with van der Waals surface area (Å²) in [5.74, 6) is 5.18. The molecule has 0 heterocycles. The highest BCUT2D eigenvalue weighted by Gasteiger charge is 2.12. The first kappa shape index (κ1) is 11.9. The van der Waals surface area contributed by atoms with Crippen molar-refractivity contribution >= 4 is 12.0 Å². The number of rotatable bonds is 3. The van der Waals surface area contributed by atoms with Gasteiger partial charge in [-0.25, -0.2) is 0 Å².